The van der Waals surface area contributed by atoms with Gasteiger partial charge in [-0.2, -0.15) is 13.2 Å². The number of rotatable bonds is 2. The van der Waals surface area contributed by atoms with Crippen LogP contribution in [0.1, 0.15) is 0 Å². The first-order valence-electron chi connectivity index (χ1n) is 4.70. The topological polar surface area (TPSA) is 100 Å². The molecule has 0 fully saturated rings. The summed E-state index contributed by atoms with van der Waals surface area (Å²) >= 11 is 0. The van der Waals surface area contributed by atoms with Gasteiger partial charge in [0.1, 0.15) is 12.5 Å². The van der Waals surface area contributed by atoms with Gasteiger partial charge in [-0.25, -0.2) is 8.42 Å². The van der Waals surface area contributed by atoms with Gasteiger partial charge in [-0.15, -0.1) is 0 Å². The second-order valence-corrected chi connectivity index (χ2v) is 6.94. The molecule has 0 radical (unpaired) electrons. The van der Waals surface area contributed by atoms with Crippen molar-refractivity contribution in [3.8, 4) is 0 Å². The highest BCUT2D eigenvalue weighted by molar-refractivity contribution is 7.95. The van der Waals surface area contributed by atoms with Crippen LogP contribution in [0.15, 0.2) is 29.2 Å². The molecule has 0 aliphatic carbocycles. The number of alkyl halides is 3. The Kier molecular flexibility index (Phi) is 6.44. The minimum Gasteiger partial charge on any atom is -0.741 e. The van der Waals surface area contributed by atoms with Gasteiger partial charge in [0.2, 0.25) is 0 Å². The summed E-state index contributed by atoms with van der Waals surface area (Å²) in [5.74, 6) is 0. The third kappa shape index (κ3) is 6.21. The lowest BCUT2D eigenvalue weighted by Crippen LogP contribution is -2.21. The van der Waals surface area contributed by atoms with Crippen molar-refractivity contribution in [3.05, 3.63) is 34.4 Å². The Morgan fingerprint density at radius 3 is 1.70 bits per heavy atom. The third-order valence-electron chi connectivity index (χ3n) is 1.80. The van der Waals surface area contributed by atoms with E-state index in [4.69, 9.17) is 13.0 Å². The summed E-state index contributed by atoms with van der Waals surface area (Å²) in [4.78, 5) is 11.1. The van der Waals surface area contributed by atoms with Crippen molar-refractivity contribution in [1.29, 1.82) is 0 Å². The van der Waals surface area contributed by atoms with Crippen LogP contribution in [0.3, 0.4) is 0 Å². The number of hydrogen-bond donors (Lipinski definition) is 0. The predicted molar refractivity (Wildman–Crippen MR) is 66.3 cm³/mol. The number of nitro groups is 1. The number of nitrogens with zero attached hydrogens (tertiary/aromatic N) is 1. The highest BCUT2D eigenvalue weighted by Gasteiger charge is 2.36. The highest BCUT2D eigenvalue weighted by atomic mass is 32.2. The first-order chi connectivity index (χ1) is 8.86. The Hall–Kier alpha value is -1.33. The molecule has 0 aliphatic rings. The molecule has 0 unspecified atom stereocenters. The lowest BCUT2D eigenvalue weighted by atomic mass is 10.3. The van der Waals surface area contributed by atoms with E-state index >= 15 is 0 Å². The molecule has 1 rings (SSSR count). The van der Waals surface area contributed by atoms with Gasteiger partial charge in [-0.05, 0) is 12.1 Å². The molecule has 1 aromatic rings. The van der Waals surface area contributed by atoms with Crippen molar-refractivity contribution in [2.45, 2.75) is 10.4 Å². The summed E-state index contributed by atoms with van der Waals surface area (Å²) < 4.78 is 58.9. The van der Waals surface area contributed by atoms with Crippen LogP contribution < -0.4 is 0 Å². The van der Waals surface area contributed by atoms with Crippen LogP contribution >= 0.6 is 0 Å². The second kappa shape index (κ2) is 6.90. The van der Waals surface area contributed by atoms with E-state index in [-0.39, 0.29) is 21.5 Å². The number of non-ortho nitro benzene ring substituents is 1. The molecule has 0 amide bonds. The van der Waals surface area contributed by atoms with Crippen LogP contribution in [-0.2, 0) is 21.0 Å². The maximum absolute atomic E-state index is 10.7. The molecular weight excluding hydrogens is 323 g/mol. The smallest absolute Gasteiger partial charge is 0.485 e. The quantitative estimate of drug-likeness (QED) is 0.270. The van der Waals surface area contributed by atoms with Gasteiger partial charge in [0.15, 0.2) is 15.0 Å². The molecule has 0 aromatic heterocycles. The van der Waals surface area contributed by atoms with Crippen molar-refractivity contribution in [1.82, 2.24) is 0 Å². The number of hydrogen-bond acceptors (Lipinski definition) is 5. The summed E-state index contributed by atoms with van der Waals surface area (Å²) in [6.07, 6.45) is 4.17. The Bertz CT molecular complexity index is 554. The second-order valence-electron chi connectivity index (χ2n) is 3.47. The van der Waals surface area contributed by atoms with Gasteiger partial charge in [0.25, 0.3) is 5.69 Å². The zero-order valence-corrected chi connectivity index (χ0v) is 11.9. The van der Waals surface area contributed by atoms with Crippen molar-refractivity contribution in [2.24, 2.45) is 0 Å². The zero-order valence-electron chi connectivity index (χ0n) is 10.2. The molecule has 0 saturated carbocycles. The monoisotopic (exact) mass is 333 g/mol. The predicted octanol–water partition coefficient (Wildman–Crippen LogP) is 1.88. The maximum Gasteiger partial charge on any atom is 0.485 e. The van der Waals surface area contributed by atoms with E-state index in [1.807, 2.05) is 0 Å². The molecule has 20 heavy (non-hydrogen) atoms. The van der Waals surface area contributed by atoms with E-state index in [0.29, 0.717) is 0 Å². The molecule has 11 heteroatoms. The number of halogens is 3. The largest absolute Gasteiger partial charge is 0.741 e. The van der Waals surface area contributed by atoms with E-state index < -0.39 is 15.6 Å². The van der Waals surface area contributed by atoms with Gasteiger partial charge in [-0.3, -0.25) is 10.1 Å². The fraction of sp³-hybridized carbons (Fsp3) is 0.333. The van der Waals surface area contributed by atoms with Crippen LogP contribution in [-0.4, -0.2) is 35.9 Å². The van der Waals surface area contributed by atoms with E-state index in [1.54, 1.807) is 24.3 Å². The Balaban J connectivity index is 0.000000396. The first-order valence-corrected chi connectivity index (χ1v) is 8.15. The average molecular weight is 333 g/mol. The molecular formula is C9H10F3NO5S2. The molecule has 114 valence electrons. The van der Waals surface area contributed by atoms with Gasteiger partial charge < -0.3 is 4.55 Å². The van der Waals surface area contributed by atoms with E-state index in [1.165, 1.54) is 0 Å². The Labute approximate surface area is 115 Å². The molecule has 0 bridgehead atoms. The van der Waals surface area contributed by atoms with Gasteiger partial charge in [0.05, 0.1) is 4.92 Å². The van der Waals surface area contributed by atoms with Gasteiger partial charge in [-0.1, -0.05) is 0 Å². The van der Waals surface area contributed by atoms with Crippen molar-refractivity contribution in [2.75, 3.05) is 12.5 Å². The number of benzene rings is 1. The molecule has 0 N–H and O–H groups in total. The number of nitro benzene ring substituents is 1. The molecule has 0 spiro atoms. The first kappa shape index (κ1) is 18.7. The minimum absolute atomic E-state index is 0.157. The SMILES string of the molecule is C[S+](C)c1ccc([N+](=O)[O-])cc1.O=S(=O)([O-])C(F)(F)F. The molecule has 6 nitrogen and oxygen atoms in total. The molecule has 0 saturated heterocycles. The van der Waals surface area contributed by atoms with Crippen molar-refractivity contribution in [3.63, 3.8) is 0 Å². The van der Waals surface area contributed by atoms with Crippen LogP contribution in [0.4, 0.5) is 18.9 Å². The summed E-state index contributed by atoms with van der Waals surface area (Å²) in [5, 5.41) is 10.3. The van der Waals surface area contributed by atoms with Crippen molar-refractivity contribution < 1.29 is 31.1 Å². The van der Waals surface area contributed by atoms with Gasteiger partial charge >= 0.3 is 5.51 Å². The van der Waals surface area contributed by atoms with Crippen LogP contribution in [0.2, 0.25) is 0 Å². The molecule has 0 aliphatic heterocycles. The van der Waals surface area contributed by atoms with Crippen molar-refractivity contribution >= 4 is 26.7 Å². The standard InChI is InChI=1S/C8H10NO2S.CHF3O3S/c1-12(2)8-5-3-7(4-6-8)9(10)11;2-1(3,4)8(5,6)7/h3-6H,1-2H3;(H,5,6,7)/q+1;/p-1. The van der Waals surface area contributed by atoms with Crippen LogP contribution in [0.25, 0.3) is 0 Å². The van der Waals surface area contributed by atoms with Crippen LogP contribution in [0, 0.1) is 10.1 Å². The molecule has 0 atom stereocenters. The van der Waals surface area contributed by atoms with E-state index in [0.717, 1.165) is 4.90 Å². The lowest BCUT2D eigenvalue weighted by molar-refractivity contribution is -0.384. The summed E-state index contributed by atoms with van der Waals surface area (Å²) in [5.41, 5.74) is -5.49. The Morgan fingerprint density at radius 2 is 1.50 bits per heavy atom. The van der Waals surface area contributed by atoms with Gasteiger partial charge in [0, 0.05) is 23.0 Å². The summed E-state index contributed by atoms with van der Waals surface area (Å²) in [6.45, 7) is 0. The minimum atomic E-state index is -6.09. The van der Waals surface area contributed by atoms with E-state index in [9.17, 15) is 23.3 Å². The normalized spacial score (nSPS) is 11.8. The molecule has 1 aromatic carbocycles. The maximum atomic E-state index is 10.7. The Morgan fingerprint density at radius 1 is 1.15 bits per heavy atom. The molecule has 0 heterocycles. The lowest BCUT2D eigenvalue weighted by Gasteiger charge is -2.08. The summed E-state index contributed by atoms with van der Waals surface area (Å²) in [6, 6.07) is 6.70. The summed E-state index contributed by atoms with van der Waals surface area (Å²) in [7, 11) is -5.91. The van der Waals surface area contributed by atoms with E-state index in [2.05, 4.69) is 12.5 Å². The zero-order chi connectivity index (χ0) is 16.1. The third-order valence-corrected chi connectivity index (χ3v) is 3.58. The fourth-order valence-corrected chi connectivity index (χ4v) is 1.52. The average Bonchev–Trinajstić information content (AvgIpc) is 2.27. The highest BCUT2D eigenvalue weighted by Crippen LogP contribution is 2.20. The van der Waals surface area contributed by atoms with Crippen LogP contribution in [0.5, 0.6) is 0 Å². The fourth-order valence-electron chi connectivity index (χ4n) is 0.840.